The van der Waals surface area contributed by atoms with Gasteiger partial charge in [0.1, 0.15) is 17.6 Å². The number of nitrogens with zero attached hydrogens (tertiary/aromatic N) is 1. The molecule has 0 saturated carbocycles. The number of nitrogens with one attached hydrogen (secondary N) is 4. The number of pyridine rings is 1. The van der Waals surface area contributed by atoms with Gasteiger partial charge in [-0.1, -0.05) is 6.92 Å². The summed E-state index contributed by atoms with van der Waals surface area (Å²) in [5.74, 6) is -4.74. The van der Waals surface area contributed by atoms with Gasteiger partial charge in [0.25, 0.3) is 11.8 Å². The Bertz CT molecular complexity index is 1420. The minimum absolute atomic E-state index is 0.0632. The Morgan fingerprint density at radius 1 is 1.05 bits per heavy atom. The molecule has 0 aliphatic carbocycles. The van der Waals surface area contributed by atoms with Crippen LogP contribution in [0.2, 0.25) is 0 Å². The molecule has 2 amide bonds. The third-order valence-electron chi connectivity index (χ3n) is 5.30. The predicted octanol–water partition coefficient (Wildman–Crippen LogP) is 3.55. The molecule has 0 saturated heterocycles. The Morgan fingerprint density at radius 2 is 1.65 bits per heavy atom. The van der Waals surface area contributed by atoms with Crippen molar-refractivity contribution in [2.24, 2.45) is 5.73 Å². The van der Waals surface area contributed by atoms with Crippen molar-refractivity contribution in [3.63, 3.8) is 0 Å². The molecule has 0 radical (unpaired) electrons. The molecule has 3 rings (SSSR count). The van der Waals surface area contributed by atoms with E-state index >= 15 is 4.39 Å². The molecule has 43 heavy (non-hydrogen) atoms. The van der Waals surface area contributed by atoms with E-state index in [1.807, 2.05) is 6.92 Å². The number of anilines is 1. The van der Waals surface area contributed by atoms with E-state index in [0.717, 1.165) is 0 Å². The summed E-state index contributed by atoms with van der Waals surface area (Å²) in [6.45, 7) is 2.15. The number of rotatable bonds is 10. The minimum atomic E-state index is -5.08. The van der Waals surface area contributed by atoms with Crippen LogP contribution in [-0.4, -0.2) is 53.6 Å². The average Bonchev–Trinajstić information content (AvgIpc) is 2.98. The monoisotopic (exact) mass is 608 g/mol. The van der Waals surface area contributed by atoms with E-state index in [-0.39, 0.29) is 35.1 Å². The molecular weight excluding hydrogens is 580 g/mol. The number of alkyl halides is 3. The Hall–Kier alpha value is -5.41. The first kappa shape index (κ1) is 33.8. The summed E-state index contributed by atoms with van der Waals surface area (Å²) in [6, 6.07) is 10.8. The van der Waals surface area contributed by atoms with Gasteiger partial charge in [0.2, 0.25) is 0 Å². The molecule has 12 nitrogen and oxygen atoms in total. The lowest BCUT2D eigenvalue weighted by Gasteiger charge is -2.22. The molecule has 0 fully saturated rings. The number of halogens is 4. The fourth-order valence-electron chi connectivity index (χ4n) is 3.20. The Labute approximate surface area is 242 Å². The largest absolute Gasteiger partial charge is 0.497 e. The second kappa shape index (κ2) is 15.6. The lowest BCUT2D eigenvalue weighted by atomic mass is 10.0. The van der Waals surface area contributed by atoms with Crippen LogP contribution < -0.4 is 31.4 Å². The first-order valence-electron chi connectivity index (χ1n) is 12.3. The fraction of sp³-hybridized carbons (Fsp3) is 0.222. The normalized spacial score (nSPS) is 11.2. The van der Waals surface area contributed by atoms with Crippen molar-refractivity contribution in [3.8, 4) is 11.5 Å². The molecule has 0 spiro atoms. The highest BCUT2D eigenvalue weighted by atomic mass is 19.4. The molecule has 1 aromatic heterocycles. The van der Waals surface area contributed by atoms with E-state index in [1.54, 1.807) is 24.3 Å². The Morgan fingerprint density at radius 3 is 2.16 bits per heavy atom. The number of aromatic nitrogens is 1. The highest BCUT2D eigenvalue weighted by Crippen LogP contribution is 2.33. The number of methoxy groups -OCH3 is 1. The average molecular weight is 609 g/mol. The van der Waals surface area contributed by atoms with Crippen molar-refractivity contribution in [1.29, 1.82) is 5.41 Å². The lowest BCUT2D eigenvalue weighted by Crippen LogP contribution is -2.45. The molecule has 1 heterocycles. The number of amides is 2. The number of aliphatic carboxylic acids is 1. The smallest absolute Gasteiger partial charge is 0.490 e. The van der Waals surface area contributed by atoms with E-state index in [4.69, 9.17) is 30.5 Å². The molecule has 1 unspecified atom stereocenters. The number of nitrogens with two attached hydrogens (primary N) is 1. The molecule has 16 heteroatoms. The molecule has 0 bridgehead atoms. The van der Waals surface area contributed by atoms with E-state index in [2.05, 4.69) is 21.2 Å². The number of carboxylic acids is 1. The summed E-state index contributed by atoms with van der Waals surface area (Å²) in [5.41, 5.74) is 11.3. The molecule has 2 aromatic carbocycles. The van der Waals surface area contributed by atoms with Crippen LogP contribution in [-0.2, 0) is 9.59 Å². The SMILES string of the molecule is CCCOc1cc(OC)cc(C(Nc2ccc(C(=N)N)cc2)C(=O)NNC(=O)c2ccncc2)c1F.O=C(O)C(F)(F)F. The van der Waals surface area contributed by atoms with Crippen LogP contribution in [0.3, 0.4) is 0 Å². The van der Waals surface area contributed by atoms with Crippen molar-refractivity contribution in [3.05, 3.63) is 83.4 Å². The maximum atomic E-state index is 15.5. The van der Waals surface area contributed by atoms with Crippen molar-refractivity contribution in [2.45, 2.75) is 25.6 Å². The number of ether oxygens (including phenoxy) is 2. The molecule has 3 aromatic rings. The van der Waals surface area contributed by atoms with Crippen molar-refractivity contribution >= 4 is 29.3 Å². The van der Waals surface area contributed by atoms with Gasteiger partial charge in [0.05, 0.1) is 13.7 Å². The Kier molecular flexibility index (Phi) is 12.2. The van der Waals surface area contributed by atoms with Crippen LogP contribution >= 0.6 is 0 Å². The van der Waals surface area contributed by atoms with E-state index < -0.39 is 35.8 Å². The van der Waals surface area contributed by atoms with Gasteiger partial charge in [-0.05, 0) is 48.9 Å². The van der Waals surface area contributed by atoms with E-state index in [9.17, 15) is 22.8 Å². The predicted molar refractivity (Wildman–Crippen MR) is 146 cm³/mol. The van der Waals surface area contributed by atoms with Gasteiger partial charge in [0.15, 0.2) is 11.6 Å². The molecule has 230 valence electrons. The summed E-state index contributed by atoms with van der Waals surface area (Å²) >= 11 is 0. The van der Waals surface area contributed by atoms with Gasteiger partial charge in [0, 0.05) is 40.8 Å². The number of carbonyl (C=O) groups is 3. The van der Waals surface area contributed by atoms with Gasteiger partial charge in [-0.2, -0.15) is 13.2 Å². The minimum Gasteiger partial charge on any atom is -0.497 e. The Balaban J connectivity index is 0.000000821. The van der Waals surface area contributed by atoms with Gasteiger partial charge in [-0.3, -0.25) is 30.8 Å². The zero-order valence-electron chi connectivity index (χ0n) is 22.8. The summed E-state index contributed by atoms with van der Waals surface area (Å²) in [7, 11) is 1.42. The topological polar surface area (TPSA) is 189 Å². The van der Waals surface area contributed by atoms with Crippen molar-refractivity contribution in [1.82, 2.24) is 15.8 Å². The maximum absolute atomic E-state index is 15.5. The number of carboxylic acid groups (broad SMARTS) is 1. The zero-order valence-corrected chi connectivity index (χ0v) is 22.8. The standard InChI is InChI=1S/C25H27FN6O4.C2HF3O2/c1-3-12-36-20-14-18(35-2)13-19(21(20)26)22(30-17-6-4-15(5-7-17)23(27)28)25(34)32-31-24(33)16-8-10-29-11-9-16;3-2(4,5)1(6)7/h4-11,13-14,22,30H,3,12H2,1-2H3,(H3,27,28)(H,31,33)(H,32,34);(H,6,7). The molecular formula is C27H28F4N6O6. The molecule has 1 atom stereocenters. The first-order valence-corrected chi connectivity index (χ1v) is 12.3. The number of hydrogen-bond donors (Lipinski definition) is 6. The van der Waals surface area contributed by atoms with Gasteiger partial charge < -0.3 is 25.6 Å². The third-order valence-corrected chi connectivity index (χ3v) is 5.30. The van der Waals surface area contributed by atoms with Gasteiger partial charge >= 0.3 is 12.1 Å². The number of benzene rings is 2. The molecule has 0 aliphatic heterocycles. The highest BCUT2D eigenvalue weighted by molar-refractivity contribution is 5.97. The quantitative estimate of drug-likeness (QED) is 0.0866. The van der Waals surface area contributed by atoms with Crippen LogP contribution in [0.4, 0.5) is 23.2 Å². The van der Waals surface area contributed by atoms with Crippen molar-refractivity contribution in [2.75, 3.05) is 19.0 Å². The second-order valence-corrected chi connectivity index (χ2v) is 8.43. The summed E-state index contributed by atoms with van der Waals surface area (Å²) < 4.78 is 58.1. The summed E-state index contributed by atoms with van der Waals surface area (Å²) in [6.07, 6.45) is -1.55. The van der Waals surface area contributed by atoms with Gasteiger partial charge in [-0.25, -0.2) is 9.18 Å². The van der Waals surface area contributed by atoms with Crippen LogP contribution in [0.1, 0.15) is 40.9 Å². The molecule has 7 N–H and O–H groups in total. The first-order chi connectivity index (χ1) is 20.3. The number of nitrogen functional groups attached to an aromatic ring is 1. The number of hydrogen-bond acceptors (Lipinski definition) is 8. The van der Waals surface area contributed by atoms with Crippen LogP contribution in [0, 0.1) is 11.2 Å². The second-order valence-electron chi connectivity index (χ2n) is 8.43. The van der Waals surface area contributed by atoms with Gasteiger partial charge in [-0.15, -0.1) is 0 Å². The van der Waals surface area contributed by atoms with Crippen LogP contribution in [0.25, 0.3) is 0 Å². The fourth-order valence-corrected chi connectivity index (χ4v) is 3.20. The number of amidine groups is 1. The lowest BCUT2D eigenvalue weighted by molar-refractivity contribution is -0.192. The summed E-state index contributed by atoms with van der Waals surface area (Å²) in [4.78, 5) is 38.4. The summed E-state index contributed by atoms with van der Waals surface area (Å²) in [5, 5.41) is 17.6. The van der Waals surface area contributed by atoms with Crippen LogP contribution in [0.5, 0.6) is 11.5 Å². The zero-order chi connectivity index (χ0) is 32.2. The highest BCUT2D eigenvalue weighted by Gasteiger charge is 2.38. The number of carbonyl (C=O) groups excluding carboxylic acids is 2. The number of hydrazine groups is 1. The van der Waals surface area contributed by atoms with Crippen molar-refractivity contribution < 1.29 is 46.5 Å². The molecule has 0 aliphatic rings. The van der Waals surface area contributed by atoms with E-state index in [1.165, 1.54) is 43.8 Å². The van der Waals surface area contributed by atoms with E-state index in [0.29, 0.717) is 17.7 Å². The van der Waals surface area contributed by atoms with Crippen LogP contribution in [0.15, 0.2) is 60.9 Å². The third kappa shape index (κ3) is 10.2. The maximum Gasteiger partial charge on any atom is 0.490 e.